The van der Waals surface area contributed by atoms with E-state index in [0.717, 1.165) is 10.9 Å². The van der Waals surface area contributed by atoms with Gasteiger partial charge in [-0.3, -0.25) is 15.1 Å². The van der Waals surface area contributed by atoms with E-state index < -0.39 is 4.92 Å². The number of nitrogens with zero attached hydrogens (tertiary/aromatic N) is 2. The van der Waals surface area contributed by atoms with Gasteiger partial charge in [-0.15, -0.1) is 0 Å². The second-order valence-electron chi connectivity index (χ2n) is 6.52. The third kappa shape index (κ3) is 4.23. The lowest BCUT2D eigenvalue weighted by Gasteiger charge is -2.03. The van der Waals surface area contributed by atoms with E-state index >= 15 is 0 Å². The highest BCUT2D eigenvalue weighted by Crippen LogP contribution is 2.23. The second kappa shape index (κ2) is 8.36. The van der Waals surface area contributed by atoms with Gasteiger partial charge in [0.15, 0.2) is 0 Å². The zero-order valence-electron chi connectivity index (χ0n) is 15.8. The fourth-order valence-electron chi connectivity index (χ4n) is 3.02. The van der Waals surface area contributed by atoms with Crippen LogP contribution in [0.4, 0.5) is 11.4 Å². The van der Waals surface area contributed by atoms with E-state index in [0.29, 0.717) is 22.4 Å². The standard InChI is InChI=1S/C24H16N2O4/c27-24-22(16-19-7-1-2-9-23(19)30-24)18-10-12-20(13-11-18)25-14-4-6-17-5-3-8-21(15-17)26(28)29/h1-16H/b6-4+,25-14?. The SMILES string of the molecule is O=c1oc2ccccc2cc1-c1ccc(N=C/C=C/c2cccc([N+](=O)[O-])c2)cc1. The number of hydrogen-bond donors (Lipinski definition) is 0. The van der Waals surface area contributed by atoms with Crippen molar-refractivity contribution in [3.63, 3.8) is 0 Å². The molecule has 0 bridgehead atoms. The summed E-state index contributed by atoms with van der Waals surface area (Å²) in [6, 6.07) is 22.8. The van der Waals surface area contributed by atoms with Crippen molar-refractivity contribution >= 4 is 34.6 Å². The number of allylic oxidation sites excluding steroid dienone is 1. The van der Waals surface area contributed by atoms with E-state index in [9.17, 15) is 14.9 Å². The summed E-state index contributed by atoms with van der Waals surface area (Å²) >= 11 is 0. The first-order chi connectivity index (χ1) is 14.6. The number of hydrogen-bond acceptors (Lipinski definition) is 5. The summed E-state index contributed by atoms with van der Waals surface area (Å²) in [5.41, 5.74) is 2.90. The summed E-state index contributed by atoms with van der Waals surface area (Å²) in [4.78, 5) is 27.0. The lowest BCUT2D eigenvalue weighted by Crippen LogP contribution is -2.02. The van der Waals surface area contributed by atoms with Crippen LogP contribution in [0.15, 0.2) is 99.1 Å². The molecule has 0 unspecified atom stereocenters. The molecule has 4 rings (SSSR count). The first-order valence-electron chi connectivity index (χ1n) is 9.19. The predicted molar refractivity (Wildman–Crippen MR) is 118 cm³/mol. The zero-order valence-corrected chi connectivity index (χ0v) is 15.8. The van der Waals surface area contributed by atoms with Gasteiger partial charge in [0, 0.05) is 23.7 Å². The minimum atomic E-state index is -0.427. The van der Waals surface area contributed by atoms with Crippen LogP contribution in [0.3, 0.4) is 0 Å². The van der Waals surface area contributed by atoms with Gasteiger partial charge in [-0.1, -0.05) is 48.5 Å². The molecular weight excluding hydrogens is 380 g/mol. The van der Waals surface area contributed by atoms with Gasteiger partial charge >= 0.3 is 5.63 Å². The number of non-ortho nitro benzene ring substituents is 1. The molecule has 0 N–H and O–H groups in total. The average molecular weight is 396 g/mol. The predicted octanol–water partition coefficient (Wildman–Crippen LogP) is 5.78. The summed E-state index contributed by atoms with van der Waals surface area (Å²) in [6.07, 6.45) is 5.06. The Morgan fingerprint density at radius 3 is 2.53 bits per heavy atom. The minimum absolute atomic E-state index is 0.0443. The van der Waals surface area contributed by atoms with Crippen molar-refractivity contribution in [3.8, 4) is 11.1 Å². The molecule has 0 amide bonds. The zero-order chi connectivity index (χ0) is 20.9. The van der Waals surface area contributed by atoms with Crippen LogP contribution in [0.5, 0.6) is 0 Å². The number of benzene rings is 3. The van der Waals surface area contributed by atoms with Crippen LogP contribution in [0, 0.1) is 10.1 Å². The van der Waals surface area contributed by atoms with Gasteiger partial charge < -0.3 is 4.42 Å². The molecule has 6 nitrogen and oxygen atoms in total. The van der Waals surface area contributed by atoms with E-state index in [2.05, 4.69) is 4.99 Å². The Morgan fingerprint density at radius 1 is 0.933 bits per heavy atom. The maximum absolute atomic E-state index is 12.3. The Bertz CT molecular complexity index is 1340. The molecule has 1 heterocycles. The van der Waals surface area contributed by atoms with Gasteiger partial charge in [0.05, 0.1) is 16.2 Å². The third-order valence-corrected chi connectivity index (χ3v) is 4.50. The highest BCUT2D eigenvalue weighted by molar-refractivity contribution is 5.83. The number of aliphatic imine (C=N–C) groups is 1. The van der Waals surface area contributed by atoms with Crippen molar-refractivity contribution in [3.05, 3.63) is 111 Å². The Balaban J connectivity index is 1.50. The second-order valence-corrected chi connectivity index (χ2v) is 6.52. The number of fused-ring (bicyclic) bond motifs is 1. The van der Waals surface area contributed by atoms with Gasteiger partial charge in [0.25, 0.3) is 5.69 Å². The minimum Gasteiger partial charge on any atom is -0.422 e. The molecule has 1 aromatic heterocycles. The molecule has 146 valence electrons. The number of nitro groups is 1. The number of rotatable bonds is 5. The molecule has 4 aromatic rings. The maximum atomic E-state index is 12.3. The lowest BCUT2D eigenvalue weighted by atomic mass is 10.1. The molecule has 0 atom stereocenters. The van der Waals surface area contributed by atoms with E-state index in [1.54, 1.807) is 36.6 Å². The molecule has 0 fully saturated rings. The summed E-state index contributed by atoms with van der Waals surface area (Å²) in [7, 11) is 0. The van der Waals surface area contributed by atoms with E-state index in [4.69, 9.17) is 4.42 Å². The molecule has 0 aliphatic carbocycles. The fraction of sp³-hybridized carbons (Fsp3) is 0. The molecule has 0 saturated heterocycles. The van der Waals surface area contributed by atoms with Crippen molar-refractivity contribution < 1.29 is 9.34 Å². The third-order valence-electron chi connectivity index (χ3n) is 4.50. The Hall–Kier alpha value is -4.32. The molecule has 0 aliphatic heterocycles. The van der Waals surface area contributed by atoms with Crippen LogP contribution in [0.25, 0.3) is 28.2 Å². The quantitative estimate of drug-likeness (QED) is 0.185. The van der Waals surface area contributed by atoms with Crippen molar-refractivity contribution in [2.75, 3.05) is 0 Å². The van der Waals surface area contributed by atoms with Crippen molar-refractivity contribution in [1.82, 2.24) is 0 Å². The van der Waals surface area contributed by atoms with Crippen LogP contribution < -0.4 is 5.63 Å². The maximum Gasteiger partial charge on any atom is 0.344 e. The van der Waals surface area contributed by atoms with E-state index in [1.165, 1.54) is 12.1 Å². The lowest BCUT2D eigenvalue weighted by molar-refractivity contribution is -0.384. The van der Waals surface area contributed by atoms with Gasteiger partial charge in [-0.25, -0.2) is 4.79 Å². The first kappa shape index (κ1) is 19.0. The molecule has 0 aliphatic rings. The van der Waals surface area contributed by atoms with Crippen LogP contribution >= 0.6 is 0 Å². The summed E-state index contributed by atoms with van der Waals surface area (Å²) in [5, 5.41) is 11.7. The summed E-state index contributed by atoms with van der Waals surface area (Å²) in [6.45, 7) is 0. The van der Waals surface area contributed by atoms with Crippen molar-refractivity contribution in [2.24, 2.45) is 4.99 Å². The Kier molecular flexibility index (Phi) is 5.30. The molecule has 0 spiro atoms. The Morgan fingerprint density at radius 2 is 1.73 bits per heavy atom. The van der Waals surface area contributed by atoms with Gasteiger partial charge in [-0.2, -0.15) is 0 Å². The van der Waals surface area contributed by atoms with Crippen LogP contribution in [0.1, 0.15) is 5.56 Å². The van der Waals surface area contributed by atoms with Gasteiger partial charge in [0.2, 0.25) is 0 Å². The summed E-state index contributed by atoms with van der Waals surface area (Å²) in [5.74, 6) is 0. The molecular formula is C24H16N2O4. The first-order valence-corrected chi connectivity index (χ1v) is 9.19. The smallest absolute Gasteiger partial charge is 0.344 e. The molecule has 30 heavy (non-hydrogen) atoms. The topological polar surface area (TPSA) is 85.7 Å². The van der Waals surface area contributed by atoms with Crippen LogP contribution in [-0.4, -0.2) is 11.1 Å². The van der Waals surface area contributed by atoms with E-state index in [-0.39, 0.29) is 11.3 Å². The Labute approximate surface area is 171 Å². The highest BCUT2D eigenvalue weighted by atomic mass is 16.6. The average Bonchev–Trinajstić information content (AvgIpc) is 2.77. The van der Waals surface area contributed by atoms with Crippen LogP contribution in [-0.2, 0) is 0 Å². The monoisotopic (exact) mass is 396 g/mol. The number of nitro benzene ring substituents is 1. The van der Waals surface area contributed by atoms with Crippen LogP contribution in [0.2, 0.25) is 0 Å². The largest absolute Gasteiger partial charge is 0.422 e. The highest BCUT2D eigenvalue weighted by Gasteiger charge is 2.07. The van der Waals surface area contributed by atoms with Crippen molar-refractivity contribution in [1.29, 1.82) is 0 Å². The normalized spacial score (nSPS) is 11.5. The van der Waals surface area contributed by atoms with E-state index in [1.807, 2.05) is 48.5 Å². The molecule has 3 aromatic carbocycles. The van der Waals surface area contributed by atoms with Crippen molar-refractivity contribution in [2.45, 2.75) is 0 Å². The fourth-order valence-corrected chi connectivity index (χ4v) is 3.02. The molecule has 0 saturated carbocycles. The number of para-hydroxylation sites is 1. The van der Waals surface area contributed by atoms with Gasteiger partial charge in [0.1, 0.15) is 5.58 Å². The molecule has 0 radical (unpaired) electrons. The van der Waals surface area contributed by atoms with Gasteiger partial charge in [-0.05, 0) is 41.5 Å². The summed E-state index contributed by atoms with van der Waals surface area (Å²) < 4.78 is 5.39. The molecule has 6 heteroatoms.